The van der Waals surface area contributed by atoms with Crippen molar-refractivity contribution < 1.29 is 9.90 Å². The number of thioether (sulfide) groups is 1. The van der Waals surface area contributed by atoms with E-state index < -0.39 is 11.4 Å². The van der Waals surface area contributed by atoms with Crippen LogP contribution in [0.1, 0.15) is 30.1 Å². The summed E-state index contributed by atoms with van der Waals surface area (Å²) in [7, 11) is 0. The van der Waals surface area contributed by atoms with Crippen LogP contribution in [0, 0.1) is 5.41 Å². The third-order valence-corrected chi connectivity index (χ3v) is 5.51. The standard InChI is InChI=1S/C14H14N4O2S/c19-13(20)14(5-6-14)8-18-12(15-16-17-18)10-7-21-11-4-2-1-3-9(10)11/h1-4,10H,5-8H2,(H,19,20). The number of hydrogen-bond acceptors (Lipinski definition) is 5. The summed E-state index contributed by atoms with van der Waals surface area (Å²) in [5, 5.41) is 21.3. The third-order valence-electron chi connectivity index (χ3n) is 4.33. The van der Waals surface area contributed by atoms with Gasteiger partial charge >= 0.3 is 5.97 Å². The van der Waals surface area contributed by atoms with Gasteiger partial charge in [0.25, 0.3) is 0 Å². The van der Waals surface area contributed by atoms with Crippen LogP contribution >= 0.6 is 11.8 Å². The molecular formula is C14H14N4O2S. The highest BCUT2D eigenvalue weighted by Crippen LogP contribution is 2.48. The van der Waals surface area contributed by atoms with E-state index in [1.807, 2.05) is 12.1 Å². The molecule has 1 aromatic heterocycles. The highest BCUT2D eigenvalue weighted by atomic mass is 32.2. The lowest BCUT2D eigenvalue weighted by molar-refractivity contribution is -0.144. The minimum atomic E-state index is -0.745. The van der Waals surface area contributed by atoms with E-state index in [2.05, 4.69) is 27.7 Å². The van der Waals surface area contributed by atoms with Crippen LogP contribution in [0.25, 0.3) is 0 Å². The van der Waals surface area contributed by atoms with Gasteiger partial charge in [-0.3, -0.25) is 4.79 Å². The molecule has 0 amide bonds. The first kappa shape index (κ1) is 12.8. The minimum Gasteiger partial charge on any atom is -0.481 e. The summed E-state index contributed by atoms with van der Waals surface area (Å²) in [6, 6.07) is 8.25. The number of tetrazole rings is 1. The number of aliphatic carboxylic acids is 1. The summed E-state index contributed by atoms with van der Waals surface area (Å²) in [5.74, 6) is 1.08. The number of hydrogen-bond donors (Lipinski definition) is 1. The molecule has 1 aliphatic carbocycles. The van der Waals surface area contributed by atoms with Crippen molar-refractivity contribution in [1.82, 2.24) is 20.2 Å². The Bertz CT molecular complexity index is 711. The number of benzene rings is 1. The first-order valence-corrected chi connectivity index (χ1v) is 7.89. The number of nitrogens with zero attached hydrogens (tertiary/aromatic N) is 4. The predicted octanol–water partition coefficient (Wildman–Crippen LogP) is 1.78. The molecule has 1 aliphatic heterocycles. The van der Waals surface area contributed by atoms with E-state index in [4.69, 9.17) is 0 Å². The van der Waals surface area contributed by atoms with E-state index in [-0.39, 0.29) is 5.92 Å². The van der Waals surface area contributed by atoms with E-state index in [9.17, 15) is 9.90 Å². The van der Waals surface area contributed by atoms with Crippen molar-refractivity contribution in [2.45, 2.75) is 30.2 Å². The van der Waals surface area contributed by atoms with Gasteiger partial charge in [0.15, 0.2) is 5.82 Å². The fourth-order valence-corrected chi connectivity index (χ4v) is 4.05. The van der Waals surface area contributed by atoms with Crippen molar-refractivity contribution in [3.8, 4) is 0 Å². The van der Waals surface area contributed by atoms with Crippen LogP contribution < -0.4 is 0 Å². The molecule has 0 saturated heterocycles. The molecule has 4 rings (SSSR count). The van der Waals surface area contributed by atoms with Crippen LogP contribution in [-0.4, -0.2) is 37.0 Å². The molecule has 0 radical (unpaired) electrons. The number of fused-ring (bicyclic) bond motifs is 1. The Hall–Kier alpha value is -1.89. The molecule has 2 aliphatic rings. The summed E-state index contributed by atoms with van der Waals surface area (Å²) < 4.78 is 1.69. The number of carboxylic acids is 1. The van der Waals surface area contributed by atoms with Gasteiger partial charge in [0.2, 0.25) is 0 Å². The number of rotatable bonds is 4. The highest BCUT2D eigenvalue weighted by Gasteiger charge is 2.51. The Morgan fingerprint density at radius 3 is 3.00 bits per heavy atom. The average molecular weight is 302 g/mol. The smallest absolute Gasteiger partial charge is 0.311 e. The zero-order chi connectivity index (χ0) is 14.4. The molecule has 21 heavy (non-hydrogen) atoms. The summed E-state index contributed by atoms with van der Waals surface area (Å²) in [5.41, 5.74) is 0.578. The zero-order valence-corrected chi connectivity index (χ0v) is 12.1. The molecule has 1 aromatic carbocycles. The summed E-state index contributed by atoms with van der Waals surface area (Å²) in [6.07, 6.45) is 1.41. The molecule has 6 nitrogen and oxygen atoms in total. The van der Waals surface area contributed by atoms with E-state index in [1.165, 1.54) is 10.5 Å². The predicted molar refractivity (Wildman–Crippen MR) is 76.1 cm³/mol. The minimum absolute atomic E-state index is 0.144. The van der Waals surface area contributed by atoms with Gasteiger partial charge in [0.1, 0.15) is 0 Å². The van der Waals surface area contributed by atoms with Crippen LogP contribution in [-0.2, 0) is 11.3 Å². The van der Waals surface area contributed by atoms with Gasteiger partial charge in [-0.1, -0.05) is 18.2 Å². The largest absolute Gasteiger partial charge is 0.481 e. The number of aromatic nitrogens is 4. The topological polar surface area (TPSA) is 80.9 Å². The molecule has 1 atom stereocenters. The van der Waals surface area contributed by atoms with Crippen molar-refractivity contribution in [2.75, 3.05) is 5.75 Å². The maximum Gasteiger partial charge on any atom is 0.311 e. The van der Waals surface area contributed by atoms with Gasteiger partial charge in [0.05, 0.1) is 17.9 Å². The van der Waals surface area contributed by atoms with E-state index in [0.717, 1.165) is 11.6 Å². The van der Waals surface area contributed by atoms with Gasteiger partial charge in [-0.2, -0.15) is 0 Å². The third kappa shape index (κ3) is 2.03. The first-order chi connectivity index (χ1) is 10.2. The fourth-order valence-electron chi connectivity index (χ4n) is 2.83. The second-order valence-electron chi connectivity index (χ2n) is 5.68. The second-order valence-corrected chi connectivity index (χ2v) is 6.74. The lowest BCUT2D eigenvalue weighted by atomic mass is 10.00. The van der Waals surface area contributed by atoms with Crippen molar-refractivity contribution >= 4 is 17.7 Å². The van der Waals surface area contributed by atoms with Crippen molar-refractivity contribution in [2.24, 2.45) is 5.41 Å². The molecule has 0 spiro atoms. The normalized spacial score (nSPS) is 22.0. The van der Waals surface area contributed by atoms with E-state index in [1.54, 1.807) is 16.4 Å². The Balaban J connectivity index is 1.66. The van der Waals surface area contributed by atoms with Crippen molar-refractivity contribution in [1.29, 1.82) is 0 Å². The Morgan fingerprint density at radius 1 is 1.43 bits per heavy atom. The lowest BCUT2D eigenvalue weighted by Gasteiger charge is -2.14. The molecule has 2 aromatic rings. The van der Waals surface area contributed by atoms with Gasteiger partial charge in [-0.05, 0) is 34.9 Å². The Morgan fingerprint density at radius 2 is 2.24 bits per heavy atom. The van der Waals surface area contributed by atoms with E-state index in [0.29, 0.717) is 19.4 Å². The maximum atomic E-state index is 11.4. The Kier molecular flexibility index (Phi) is 2.78. The first-order valence-electron chi connectivity index (χ1n) is 6.91. The molecule has 7 heteroatoms. The van der Waals surface area contributed by atoms with Crippen molar-refractivity contribution in [3.05, 3.63) is 35.7 Å². The van der Waals surface area contributed by atoms with Crippen LogP contribution in [0.2, 0.25) is 0 Å². The molecule has 1 fully saturated rings. The van der Waals surface area contributed by atoms with Gasteiger partial charge in [-0.25, -0.2) is 4.68 Å². The monoisotopic (exact) mass is 302 g/mol. The van der Waals surface area contributed by atoms with Crippen LogP contribution in [0.4, 0.5) is 0 Å². The van der Waals surface area contributed by atoms with Gasteiger partial charge in [-0.15, -0.1) is 16.9 Å². The lowest BCUT2D eigenvalue weighted by Crippen LogP contribution is -2.24. The molecule has 1 N–H and O–H groups in total. The molecule has 1 unspecified atom stereocenters. The fraction of sp³-hybridized carbons (Fsp3) is 0.429. The summed E-state index contributed by atoms with van der Waals surface area (Å²) in [4.78, 5) is 12.6. The van der Waals surface area contributed by atoms with Gasteiger partial charge in [0, 0.05) is 10.6 Å². The molecule has 108 valence electrons. The van der Waals surface area contributed by atoms with Crippen LogP contribution in [0.3, 0.4) is 0 Å². The van der Waals surface area contributed by atoms with Crippen molar-refractivity contribution in [3.63, 3.8) is 0 Å². The number of carboxylic acid groups (broad SMARTS) is 1. The quantitative estimate of drug-likeness (QED) is 0.927. The summed E-state index contributed by atoms with van der Waals surface area (Å²) in [6.45, 7) is 0.369. The van der Waals surface area contributed by atoms with Gasteiger partial charge < -0.3 is 5.11 Å². The maximum absolute atomic E-state index is 11.4. The van der Waals surface area contributed by atoms with Crippen LogP contribution in [0.15, 0.2) is 29.2 Å². The summed E-state index contributed by atoms with van der Waals surface area (Å²) >= 11 is 1.80. The molecule has 1 saturated carbocycles. The molecule has 0 bridgehead atoms. The van der Waals surface area contributed by atoms with Crippen LogP contribution in [0.5, 0.6) is 0 Å². The second kappa shape index (κ2) is 4.56. The SMILES string of the molecule is O=C(O)C1(Cn2nnnc2C2CSc3ccccc32)CC1. The number of carbonyl (C=O) groups is 1. The van der Waals surface area contributed by atoms with E-state index >= 15 is 0 Å². The molecule has 2 heterocycles. The zero-order valence-electron chi connectivity index (χ0n) is 11.3. The average Bonchev–Trinajstić information content (AvgIpc) is 2.94. The highest BCUT2D eigenvalue weighted by molar-refractivity contribution is 7.99. The molecular weight excluding hydrogens is 288 g/mol. The Labute approximate surface area is 125 Å².